The van der Waals surface area contributed by atoms with E-state index in [1.165, 1.54) is 18.4 Å². The summed E-state index contributed by atoms with van der Waals surface area (Å²) in [7, 11) is 1.85. The van der Waals surface area contributed by atoms with Crippen molar-refractivity contribution in [3.63, 3.8) is 0 Å². The third-order valence-corrected chi connectivity index (χ3v) is 11.6. The fourth-order valence-electron chi connectivity index (χ4n) is 8.10. The summed E-state index contributed by atoms with van der Waals surface area (Å²) < 4.78 is 7.66. The summed E-state index contributed by atoms with van der Waals surface area (Å²) in [5.41, 5.74) is 0.559. The first-order valence-corrected chi connectivity index (χ1v) is 15.1. The van der Waals surface area contributed by atoms with Crippen LogP contribution in [0.4, 0.5) is 0 Å². The first-order valence-electron chi connectivity index (χ1n) is 13.4. The van der Waals surface area contributed by atoms with Crippen molar-refractivity contribution in [3.8, 4) is 11.5 Å². The molecule has 1 amide bonds. The van der Waals surface area contributed by atoms with Crippen molar-refractivity contribution in [2.24, 2.45) is 11.8 Å². The molecular weight excluding hydrogens is 552 g/mol. The molecule has 2 aromatic rings. The second kappa shape index (κ2) is 8.31. The number of rotatable bonds is 5. The van der Waals surface area contributed by atoms with Crippen LogP contribution >= 0.6 is 27.3 Å². The van der Waals surface area contributed by atoms with E-state index in [4.69, 9.17) is 4.74 Å². The molecule has 3 fully saturated rings. The van der Waals surface area contributed by atoms with Crippen molar-refractivity contribution in [2.75, 3.05) is 20.1 Å². The number of likely N-dealkylation sites (tertiary alicyclic amines) is 1. The van der Waals surface area contributed by atoms with Crippen molar-refractivity contribution in [3.05, 3.63) is 50.1 Å². The van der Waals surface area contributed by atoms with E-state index in [-0.39, 0.29) is 29.7 Å². The maximum absolute atomic E-state index is 13.4. The third-order valence-electron chi connectivity index (χ3n) is 9.98. The minimum absolute atomic E-state index is 0.0186. The number of carbonyl (C=O) groups is 1. The van der Waals surface area contributed by atoms with Gasteiger partial charge < -0.3 is 19.8 Å². The predicted octanol–water partition coefficient (Wildman–Crippen LogP) is 4.57. The SMILES string of the molecule is C[C@H]1C[C@H](N(C)C(=O)/C=C/c2cc(Br)cs2)[C@H]2Oc3c(O)ccc4c3[C@@]23CCN(CC2CC2)[C@H](C4)[C@]13O. The van der Waals surface area contributed by atoms with Gasteiger partial charge in [-0.25, -0.2) is 0 Å². The molecule has 37 heavy (non-hydrogen) atoms. The van der Waals surface area contributed by atoms with Gasteiger partial charge in [0.15, 0.2) is 11.5 Å². The molecule has 3 aliphatic carbocycles. The van der Waals surface area contributed by atoms with Gasteiger partial charge in [0.1, 0.15) is 6.10 Å². The first kappa shape index (κ1) is 24.2. The predicted molar refractivity (Wildman–Crippen MR) is 147 cm³/mol. The summed E-state index contributed by atoms with van der Waals surface area (Å²) in [5.74, 6) is 1.29. The topological polar surface area (TPSA) is 73.2 Å². The lowest BCUT2D eigenvalue weighted by Gasteiger charge is -2.67. The van der Waals surface area contributed by atoms with Crippen molar-refractivity contribution in [2.45, 2.75) is 68.2 Å². The van der Waals surface area contributed by atoms with Gasteiger partial charge in [-0.05, 0) is 90.2 Å². The molecule has 7 rings (SSSR count). The molecule has 2 aliphatic heterocycles. The number of ether oxygens (including phenoxy) is 1. The van der Waals surface area contributed by atoms with Crippen LogP contribution in [0.25, 0.3) is 6.08 Å². The van der Waals surface area contributed by atoms with Crippen LogP contribution in [0.1, 0.15) is 48.6 Å². The van der Waals surface area contributed by atoms with Crippen LogP contribution in [0.5, 0.6) is 11.5 Å². The Morgan fingerprint density at radius 2 is 2.19 bits per heavy atom. The molecule has 2 N–H and O–H groups in total. The highest BCUT2D eigenvalue weighted by atomic mass is 79.9. The molecule has 0 radical (unpaired) electrons. The average molecular weight is 586 g/mol. The first-order chi connectivity index (χ1) is 17.7. The van der Waals surface area contributed by atoms with Crippen LogP contribution in [0, 0.1) is 11.8 Å². The summed E-state index contributed by atoms with van der Waals surface area (Å²) in [5, 5.41) is 25.7. The van der Waals surface area contributed by atoms with E-state index < -0.39 is 17.1 Å². The number of halogens is 1. The van der Waals surface area contributed by atoms with E-state index in [0.717, 1.165) is 46.8 Å². The standard InChI is InChI=1S/C29H33BrN2O4S/c1-16-11-21(31(2)24(34)8-6-20-13-19(30)15-37-20)27-28-9-10-32(14-17-3-4-17)23(29(16,28)35)12-18-5-7-22(33)26(36-27)25(18)28/h5-8,13,15-17,21,23,27,33,35H,3-4,9-12,14H2,1-2H3/b8-6+/t16-,21-,23+,27+,28-,29+/m0/s1. The molecule has 1 aromatic carbocycles. The van der Waals surface area contributed by atoms with Crippen molar-refractivity contribution in [1.29, 1.82) is 0 Å². The number of piperidine rings is 1. The molecule has 8 heteroatoms. The van der Waals surface area contributed by atoms with E-state index in [1.807, 2.05) is 30.6 Å². The molecule has 6 atom stereocenters. The highest BCUT2D eigenvalue weighted by molar-refractivity contribution is 9.10. The van der Waals surface area contributed by atoms with Crippen LogP contribution in [-0.2, 0) is 16.6 Å². The van der Waals surface area contributed by atoms with Gasteiger partial charge in [0.05, 0.1) is 17.1 Å². The van der Waals surface area contributed by atoms with Gasteiger partial charge in [0.25, 0.3) is 0 Å². The van der Waals surface area contributed by atoms with E-state index >= 15 is 0 Å². The van der Waals surface area contributed by atoms with Gasteiger partial charge in [-0.15, -0.1) is 11.3 Å². The van der Waals surface area contributed by atoms with Gasteiger partial charge in [-0.1, -0.05) is 13.0 Å². The lowest BCUT2D eigenvalue weighted by molar-refractivity contribution is -0.224. The normalized spacial score (nSPS) is 35.9. The van der Waals surface area contributed by atoms with E-state index in [9.17, 15) is 15.0 Å². The van der Waals surface area contributed by atoms with Gasteiger partial charge in [-0.3, -0.25) is 9.69 Å². The average Bonchev–Trinajstić information content (AvgIpc) is 3.48. The van der Waals surface area contributed by atoms with Gasteiger partial charge in [-0.2, -0.15) is 0 Å². The van der Waals surface area contributed by atoms with Crippen LogP contribution in [0.15, 0.2) is 34.1 Å². The van der Waals surface area contributed by atoms with Crippen LogP contribution in [0.2, 0.25) is 0 Å². The molecular formula is C29H33BrN2O4S. The maximum atomic E-state index is 13.4. The summed E-state index contributed by atoms with van der Waals surface area (Å²) in [6, 6.07) is 5.57. The van der Waals surface area contributed by atoms with Gasteiger partial charge in [0, 0.05) is 46.0 Å². The Hall–Kier alpha value is -1.87. The Bertz CT molecular complexity index is 1310. The molecule has 2 saturated carbocycles. The van der Waals surface area contributed by atoms with Crippen LogP contribution in [-0.4, -0.2) is 69.8 Å². The largest absolute Gasteiger partial charge is 0.504 e. The molecule has 1 saturated heterocycles. The van der Waals surface area contributed by atoms with E-state index in [0.29, 0.717) is 12.2 Å². The molecule has 196 valence electrons. The number of likely N-dealkylation sites (N-methyl/N-ethyl adjacent to an activating group) is 1. The maximum Gasteiger partial charge on any atom is 0.246 e. The molecule has 0 unspecified atom stereocenters. The third kappa shape index (κ3) is 3.31. The zero-order chi connectivity index (χ0) is 25.7. The van der Waals surface area contributed by atoms with Crippen LogP contribution in [0.3, 0.4) is 0 Å². The van der Waals surface area contributed by atoms with Crippen LogP contribution < -0.4 is 4.74 Å². The number of hydrogen-bond donors (Lipinski definition) is 2. The number of aromatic hydroxyl groups is 1. The van der Waals surface area contributed by atoms with E-state index in [2.05, 4.69) is 27.8 Å². The van der Waals surface area contributed by atoms with Gasteiger partial charge >= 0.3 is 0 Å². The van der Waals surface area contributed by atoms with Crippen molar-refractivity contribution in [1.82, 2.24) is 9.80 Å². The summed E-state index contributed by atoms with van der Waals surface area (Å²) in [4.78, 5) is 18.8. The number of phenolic OH excluding ortho intramolecular Hbond substituents is 1. The lowest BCUT2D eigenvalue weighted by Crippen LogP contribution is -2.80. The Morgan fingerprint density at radius 3 is 2.92 bits per heavy atom. The number of hydrogen-bond acceptors (Lipinski definition) is 6. The second-order valence-electron chi connectivity index (χ2n) is 11.8. The second-order valence-corrected chi connectivity index (χ2v) is 13.7. The molecule has 1 aromatic heterocycles. The Labute approximate surface area is 230 Å². The van der Waals surface area contributed by atoms with Gasteiger partial charge in [0.2, 0.25) is 5.91 Å². The number of phenols is 1. The fraction of sp³-hybridized carbons (Fsp3) is 0.552. The molecule has 1 spiro atoms. The number of aliphatic hydroxyl groups is 1. The highest BCUT2D eigenvalue weighted by Crippen LogP contribution is 2.67. The Morgan fingerprint density at radius 1 is 1.38 bits per heavy atom. The summed E-state index contributed by atoms with van der Waals surface area (Å²) in [6.07, 6.45) is 7.85. The quantitative estimate of drug-likeness (QED) is 0.504. The van der Waals surface area contributed by atoms with Crippen molar-refractivity contribution >= 4 is 39.2 Å². The van der Waals surface area contributed by atoms with Crippen molar-refractivity contribution < 1.29 is 19.7 Å². The fourth-order valence-corrected chi connectivity index (χ4v) is 9.44. The number of carbonyl (C=O) groups excluding carboxylic acids is 1. The monoisotopic (exact) mass is 584 g/mol. The zero-order valence-electron chi connectivity index (χ0n) is 21.2. The number of amides is 1. The molecule has 3 heterocycles. The smallest absolute Gasteiger partial charge is 0.246 e. The number of benzene rings is 1. The number of thiophene rings is 1. The minimum Gasteiger partial charge on any atom is -0.504 e. The highest BCUT2D eigenvalue weighted by Gasteiger charge is 2.75. The summed E-state index contributed by atoms with van der Waals surface area (Å²) >= 11 is 5.05. The molecule has 6 nitrogen and oxygen atoms in total. The molecule has 2 bridgehead atoms. The zero-order valence-corrected chi connectivity index (χ0v) is 23.6. The Balaban J connectivity index is 1.29. The summed E-state index contributed by atoms with van der Waals surface area (Å²) in [6.45, 7) is 4.11. The molecule has 5 aliphatic rings. The Kier molecular flexibility index (Phi) is 5.43. The lowest BCUT2D eigenvalue weighted by atomic mass is 9.45. The number of nitrogens with zero attached hydrogens (tertiary/aromatic N) is 2. The minimum atomic E-state index is -0.976. The van der Waals surface area contributed by atoms with E-state index in [1.54, 1.807) is 28.4 Å².